The molecular formula is C24H25BrO3. The van der Waals surface area contributed by atoms with E-state index >= 15 is 0 Å². The van der Waals surface area contributed by atoms with E-state index in [1.165, 1.54) is 0 Å². The van der Waals surface area contributed by atoms with Crippen molar-refractivity contribution in [3.8, 4) is 5.75 Å². The molecule has 0 amide bonds. The molecule has 1 aliphatic heterocycles. The van der Waals surface area contributed by atoms with Gasteiger partial charge >= 0.3 is 0 Å². The molecule has 0 fully saturated rings. The van der Waals surface area contributed by atoms with E-state index in [9.17, 15) is 5.11 Å². The Morgan fingerprint density at radius 2 is 2.07 bits per heavy atom. The number of hydrogen-bond acceptors (Lipinski definition) is 3. The van der Waals surface area contributed by atoms with Crippen molar-refractivity contribution in [2.75, 3.05) is 20.3 Å². The van der Waals surface area contributed by atoms with Gasteiger partial charge in [-0.15, -0.1) is 0 Å². The molecule has 0 saturated heterocycles. The normalized spacial score (nSPS) is 16.9. The lowest BCUT2D eigenvalue weighted by Gasteiger charge is -2.18. The van der Waals surface area contributed by atoms with Gasteiger partial charge in [-0.2, -0.15) is 0 Å². The highest BCUT2D eigenvalue weighted by Gasteiger charge is 2.22. The van der Waals surface area contributed by atoms with Crippen LogP contribution in [0.25, 0.3) is 11.6 Å². The lowest BCUT2D eigenvalue weighted by Crippen LogP contribution is -2.13. The number of ether oxygens (including phenoxy) is 2. The first-order chi connectivity index (χ1) is 13.6. The Labute approximate surface area is 175 Å². The predicted molar refractivity (Wildman–Crippen MR) is 118 cm³/mol. The summed E-state index contributed by atoms with van der Waals surface area (Å²) >= 11 is 3.48. The van der Waals surface area contributed by atoms with Crippen molar-refractivity contribution in [3.63, 3.8) is 0 Å². The summed E-state index contributed by atoms with van der Waals surface area (Å²) < 4.78 is 12.1. The molecule has 146 valence electrons. The Morgan fingerprint density at radius 3 is 2.82 bits per heavy atom. The summed E-state index contributed by atoms with van der Waals surface area (Å²) in [4.78, 5) is 0. The highest BCUT2D eigenvalue weighted by molar-refractivity contribution is 9.10. The van der Waals surface area contributed by atoms with E-state index < -0.39 is 0 Å². The summed E-state index contributed by atoms with van der Waals surface area (Å²) in [6.07, 6.45) is 5.82. The van der Waals surface area contributed by atoms with Crippen molar-refractivity contribution in [1.29, 1.82) is 0 Å². The molecule has 0 saturated carbocycles. The second-order valence-corrected chi connectivity index (χ2v) is 7.71. The van der Waals surface area contributed by atoms with Gasteiger partial charge in [-0.1, -0.05) is 58.9 Å². The van der Waals surface area contributed by atoms with Crippen LogP contribution in [0.3, 0.4) is 0 Å². The Hall–Kier alpha value is -2.14. The maximum atomic E-state index is 10.3. The molecule has 0 radical (unpaired) electrons. The van der Waals surface area contributed by atoms with Gasteiger partial charge in [0.1, 0.15) is 5.75 Å². The van der Waals surface area contributed by atoms with E-state index in [1.807, 2.05) is 30.3 Å². The van der Waals surface area contributed by atoms with Crippen molar-refractivity contribution in [2.24, 2.45) is 0 Å². The van der Waals surface area contributed by atoms with Gasteiger partial charge in [0.05, 0.1) is 19.3 Å². The quantitative estimate of drug-likeness (QED) is 0.511. The summed E-state index contributed by atoms with van der Waals surface area (Å²) in [5.74, 6) is 0.266. The van der Waals surface area contributed by atoms with E-state index in [1.54, 1.807) is 13.2 Å². The monoisotopic (exact) mass is 440 g/mol. The lowest BCUT2D eigenvalue weighted by molar-refractivity contribution is 0.116. The minimum atomic E-state index is 0.0193. The van der Waals surface area contributed by atoms with Crippen LogP contribution in [0.1, 0.15) is 24.0 Å². The molecule has 1 atom stereocenters. The van der Waals surface area contributed by atoms with E-state index in [0.717, 1.165) is 45.2 Å². The van der Waals surface area contributed by atoms with Crippen LogP contribution in [0, 0.1) is 0 Å². The number of phenols is 1. The predicted octanol–water partition coefficient (Wildman–Crippen LogP) is 6.00. The fourth-order valence-electron chi connectivity index (χ4n) is 3.41. The van der Waals surface area contributed by atoms with Crippen molar-refractivity contribution in [2.45, 2.75) is 18.9 Å². The van der Waals surface area contributed by atoms with Crippen LogP contribution in [-0.2, 0) is 9.47 Å². The summed E-state index contributed by atoms with van der Waals surface area (Å²) in [5, 5.41) is 10.3. The topological polar surface area (TPSA) is 38.7 Å². The molecule has 3 rings (SSSR count). The molecule has 1 aliphatic rings. The van der Waals surface area contributed by atoms with Gasteiger partial charge in [0.15, 0.2) is 0 Å². The van der Waals surface area contributed by atoms with Crippen LogP contribution in [0.2, 0.25) is 0 Å². The Bertz CT molecular complexity index is 884. The average molecular weight is 441 g/mol. The molecule has 2 aromatic rings. The molecule has 2 aromatic carbocycles. The van der Waals surface area contributed by atoms with Crippen molar-refractivity contribution in [1.82, 2.24) is 0 Å². The number of rotatable bonds is 8. The van der Waals surface area contributed by atoms with E-state index in [0.29, 0.717) is 13.2 Å². The third-order valence-corrected chi connectivity index (χ3v) is 5.31. The Kier molecular flexibility index (Phi) is 7.26. The van der Waals surface area contributed by atoms with Crippen molar-refractivity contribution in [3.05, 3.63) is 87.9 Å². The molecule has 1 unspecified atom stereocenters. The zero-order valence-electron chi connectivity index (χ0n) is 16.0. The van der Waals surface area contributed by atoms with Gasteiger partial charge in [0.2, 0.25) is 0 Å². The first kappa shape index (κ1) is 20.6. The van der Waals surface area contributed by atoms with Gasteiger partial charge < -0.3 is 14.6 Å². The third kappa shape index (κ3) is 5.22. The summed E-state index contributed by atoms with van der Waals surface area (Å²) in [6.45, 7) is 5.25. The van der Waals surface area contributed by atoms with Gasteiger partial charge in [-0.3, -0.25) is 0 Å². The second kappa shape index (κ2) is 9.87. The number of halogens is 1. The number of hydrogen-bond donors (Lipinski definition) is 1. The molecule has 0 spiro atoms. The molecule has 3 nitrogen and oxygen atoms in total. The number of allylic oxidation sites excluding steroid dienone is 1. The first-order valence-electron chi connectivity index (χ1n) is 9.31. The summed E-state index contributed by atoms with van der Waals surface area (Å²) in [6, 6.07) is 15.7. The number of benzene rings is 2. The molecular weight excluding hydrogens is 416 g/mol. The van der Waals surface area contributed by atoms with Crippen LogP contribution < -0.4 is 0 Å². The Morgan fingerprint density at radius 1 is 1.29 bits per heavy atom. The maximum Gasteiger partial charge on any atom is 0.122 e. The molecule has 0 bridgehead atoms. The smallest absolute Gasteiger partial charge is 0.122 e. The second-order valence-electron chi connectivity index (χ2n) is 6.80. The fourth-order valence-corrected chi connectivity index (χ4v) is 3.79. The zero-order valence-corrected chi connectivity index (χ0v) is 17.6. The third-order valence-electron chi connectivity index (χ3n) is 4.81. The lowest BCUT2D eigenvalue weighted by atomic mass is 9.93. The standard InChI is InChI=1S/C24H25BrO3/c1-17(16-27-2)22-12-13-28-24(22)11-8-19(18-6-4-3-5-7-18)14-20-15-21(25)9-10-23(20)26/h3-7,9-10,12,14-15,24,26H,1,8,11,13,16H2,2H3/b19-14-. The van der Waals surface area contributed by atoms with Crippen LogP contribution in [-0.4, -0.2) is 31.5 Å². The van der Waals surface area contributed by atoms with Gasteiger partial charge in [0.25, 0.3) is 0 Å². The van der Waals surface area contributed by atoms with E-state index in [2.05, 4.69) is 46.8 Å². The number of phenolic OH excluding ortho intramolecular Hbond substituents is 1. The Balaban J connectivity index is 1.83. The zero-order chi connectivity index (χ0) is 19.9. The highest BCUT2D eigenvalue weighted by Crippen LogP contribution is 2.32. The molecule has 1 heterocycles. The van der Waals surface area contributed by atoms with Gasteiger partial charge in [-0.05, 0) is 59.4 Å². The van der Waals surface area contributed by atoms with Gasteiger partial charge in [0, 0.05) is 17.1 Å². The molecule has 1 N–H and O–H groups in total. The SMILES string of the molecule is C=C(COC)C1=CCOC1CC/C(=C/c1cc(Br)ccc1O)c1ccccc1. The van der Waals surface area contributed by atoms with Crippen LogP contribution in [0.15, 0.2) is 76.8 Å². The molecule has 0 aromatic heterocycles. The largest absolute Gasteiger partial charge is 0.507 e. The minimum absolute atomic E-state index is 0.0193. The number of aromatic hydroxyl groups is 1. The molecule has 28 heavy (non-hydrogen) atoms. The van der Waals surface area contributed by atoms with Crippen LogP contribution in [0.4, 0.5) is 0 Å². The van der Waals surface area contributed by atoms with Crippen LogP contribution in [0.5, 0.6) is 5.75 Å². The van der Waals surface area contributed by atoms with E-state index in [-0.39, 0.29) is 11.9 Å². The average Bonchev–Trinajstić information content (AvgIpc) is 3.17. The summed E-state index contributed by atoms with van der Waals surface area (Å²) in [5.41, 5.74) is 5.20. The number of methoxy groups -OCH3 is 1. The molecule has 0 aliphatic carbocycles. The highest BCUT2D eigenvalue weighted by atomic mass is 79.9. The van der Waals surface area contributed by atoms with Crippen molar-refractivity contribution >= 4 is 27.6 Å². The first-order valence-corrected chi connectivity index (χ1v) is 10.1. The summed E-state index contributed by atoms with van der Waals surface area (Å²) in [7, 11) is 1.68. The van der Waals surface area contributed by atoms with E-state index in [4.69, 9.17) is 9.47 Å². The maximum absolute atomic E-state index is 10.3. The van der Waals surface area contributed by atoms with Crippen molar-refractivity contribution < 1.29 is 14.6 Å². The van der Waals surface area contributed by atoms with Gasteiger partial charge in [-0.25, -0.2) is 0 Å². The minimum Gasteiger partial charge on any atom is -0.507 e. The molecule has 4 heteroatoms. The van der Waals surface area contributed by atoms with Crippen LogP contribution >= 0.6 is 15.9 Å². The fraction of sp³-hybridized carbons (Fsp3) is 0.250.